The Morgan fingerprint density at radius 3 is 1.90 bits per heavy atom. The fourth-order valence-electron chi connectivity index (χ4n) is 5.45. The van der Waals surface area contributed by atoms with Crippen LogP contribution in [-0.2, 0) is 0 Å². The number of nitriles is 2. The summed E-state index contributed by atoms with van der Waals surface area (Å²) in [5.41, 5.74) is -0.160. The Hall–Kier alpha value is -1.18. The van der Waals surface area contributed by atoms with Crippen molar-refractivity contribution in [2.45, 2.75) is 103 Å². The zero-order chi connectivity index (χ0) is 22.7. The van der Waals surface area contributed by atoms with E-state index in [1.54, 1.807) is 0 Å². The highest BCUT2D eigenvalue weighted by atomic mass is 15.4. The van der Waals surface area contributed by atoms with Gasteiger partial charge in [-0.05, 0) is 55.4 Å². The Morgan fingerprint density at radius 2 is 1.37 bits per heavy atom. The number of hydrogen-bond acceptors (Lipinski definition) is 6. The summed E-state index contributed by atoms with van der Waals surface area (Å²) in [7, 11) is 0. The summed E-state index contributed by atoms with van der Waals surface area (Å²) in [5, 5.41) is 18.9. The van der Waals surface area contributed by atoms with E-state index in [1.807, 2.05) is 0 Å². The zero-order valence-electron chi connectivity index (χ0n) is 20.6. The van der Waals surface area contributed by atoms with Gasteiger partial charge >= 0.3 is 0 Å². The number of hydrogen-bond donors (Lipinski definition) is 0. The van der Waals surface area contributed by atoms with E-state index in [1.165, 1.54) is 0 Å². The van der Waals surface area contributed by atoms with Crippen molar-refractivity contribution < 1.29 is 0 Å². The van der Waals surface area contributed by atoms with E-state index in [9.17, 15) is 10.5 Å². The summed E-state index contributed by atoms with van der Waals surface area (Å²) >= 11 is 0. The molecule has 2 saturated heterocycles. The lowest BCUT2D eigenvalue weighted by atomic mass is 9.77. The molecule has 170 valence electrons. The maximum atomic E-state index is 9.51. The molecule has 30 heavy (non-hydrogen) atoms. The summed E-state index contributed by atoms with van der Waals surface area (Å²) in [6, 6.07) is 6.38. The van der Waals surface area contributed by atoms with E-state index < -0.39 is 0 Å². The molecule has 0 spiro atoms. The van der Waals surface area contributed by atoms with Crippen LogP contribution < -0.4 is 0 Å². The zero-order valence-corrected chi connectivity index (χ0v) is 20.6. The van der Waals surface area contributed by atoms with Crippen molar-refractivity contribution in [2.75, 3.05) is 39.3 Å². The lowest BCUT2D eigenvalue weighted by Crippen LogP contribution is -2.73. The summed E-state index contributed by atoms with van der Waals surface area (Å²) < 4.78 is 0. The predicted octanol–water partition coefficient (Wildman–Crippen LogP) is 3.16. The Kier molecular flexibility index (Phi) is 8.33. The van der Waals surface area contributed by atoms with E-state index in [0.29, 0.717) is 24.9 Å². The fraction of sp³-hybridized carbons (Fsp3) is 0.917. The highest BCUT2D eigenvalue weighted by molar-refractivity contribution is 5.09. The standard InChI is InChI=1S/C24H44N6/c1-19(2)27-13-16-30(22(17-27)10-12-26)24(7,8)23(5,6)28-14-15-29(20(3)4)21(18-28)9-11-25/h19-22H,9-10,13-18H2,1-8H3/t21?,22-/m0/s1. The Labute approximate surface area is 185 Å². The van der Waals surface area contributed by atoms with Crippen LogP contribution in [0.1, 0.15) is 68.2 Å². The second-order valence-corrected chi connectivity index (χ2v) is 10.7. The van der Waals surface area contributed by atoms with Crippen LogP contribution in [0.25, 0.3) is 0 Å². The van der Waals surface area contributed by atoms with Gasteiger partial charge in [0, 0.05) is 74.5 Å². The molecule has 0 aromatic carbocycles. The summed E-state index contributed by atoms with van der Waals surface area (Å²) in [6.45, 7) is 24.4. The van der Waals surface area contributed by atoms with Gasteiger partial charge < -0.3 is 0 Å². The van der Waals surface area contributed by atoms with Crippen LogP contribution in [0.2, 0.25) is 0 Å². The summed E-state index contributed by atoms with van der Waals surface area (Å²) in [6.07, 6.45) is 1.15. The van der Waals surface area contributed by atoms with Crippen LogP contribution in [-0.4, -0.2) is 94.1 Å². The third kappa shape index (κ3) is 5.00. The van der Waals surface area contributed by atoms with Crippen LogP contribution in [0, 0.1) is 22.7 Å². The average molecular weight is 417 g/mol. The lowest BCUT2D eigenvalue weighted by molar-refractivity contribution is -0.102. The van der Waals surface area contributed by atoms with Gasteiger partial charge in [0.2, 0.25) is 0 Å². The fourth-order valence-corrected chi connectivity index (χ4v) is 5.45. The molecule has 2 heterocycles. The molecule has 6 nitrogen and oxygen atoms in total. The van der Waals surface area contributed by atoms with Crippen molar-refractivity contribution >= 4 is 0 Å². The topological polar surface area (TPSA) is 60.5 Å². The minimum absolute atomic E-state index is 0.0719. The molecular weight excluding hydrogens is 372 g/mol. The van der Waals surface area contributed by atoms with Crippen LogP contribution in [0.4, 0.5) is 0 Å². The van der Waals surface area contributed by atoms with E-state index in [4.69, 9.17) is 0 Å². The first-order valence-electron chi connectivity index (χ1n) is 11.7. The second-order valence-electron chi connectivity index (χ2n) is 10.7. The van der Waals surface area contributed by atoms with Gasteiger partial charge in [-0.2, -0.15) is 10.5 Å². The van der Waals surface area contributed by atoms with Gasteiger partial charge in [0.25, 0.3) is 0 Å². The van der Waals surface area contributed by atoms with Crippen molar-refractivity contribution in [1.82, 2.24) is 19.6 Å². The Balaban J connectivity index is 2.24. The molecule has 2 fully saturated rings. The van der Waals surface area contributed by atoms with E-state index >= 15 is 0 Å². The first-order chi connectivity index (χ1) is 14.0. The summed E-state index contributed by atoms with van der Waals surface area (Å²) in [5.74, 6) is 0. The number of piperazine rings is 2. The molecule has 0 bridgehead atoms. The molecular formula is C24H44N6. The van der Waals surface area contributed by atoms with Gasteiger partial charge in [0.15, 0.2) is 0 Å². The lowest BCUT2D eigenvalue weighted by Gasteiger charge is -2.60. The molecule has 0 saturated carbocycles. The Morgan fingerprint density at radius 1 is 0.767 bits per heavy atom. The van der Waals surface area contributed by atoms with Crippen LogP contribution >= 0.6 is 0 Å². The second kappa shape index (κ2) is 9.96. The molecule has 2 aliphatic rings. The minimum Gasteiger partial charge on any atom is -0.298 e. The predicted molar refractivity (Wildman–Crippen MR) is 123 cm³/mol. The van der Waals surface area contributed by atoms with E-state index in [2.05, 4.69) is 87.1 Å². The molecule has 0 aliphatic carbocycles. The normalized spacial score (nSPS) is 26.1. The van der Waals surface area contributed by atoms with Crippen molar-refractivity contribution in [1.29, 1.82) is 10.5 Å². The highest BCUT2D eigenvalue weighted by Crippen LogP contribution is 2.38. The molecule has 6 heteroatoms. The van der Waals surface area contributed by atoms with Crippen LogP contribution in [0.3, 0.4) is 0 Å². The molecule has 2 aliphatic heterocycles. The first-order valence-corrected chi connectivity index (χ1v) is 11.7. The van der Waals surface area contributed by atoms with E-state index in [0.717, 1.165) is 39.3 Å². The third-order valence-corrected chi connectivity index (χ3v) is 8.10. The van der Waals surface area contributed by atoms with Gasteiger partial charge in [-0.25, -0.2) is 0 Å². The minimum atomic E-state index is -0.0885. The highest BCUT2D eigenvalue weighted by Gasteiger charge is 2.50. The molecule has 0 amide bonds. The largest absolute Gasteiger partial charge is 0.298 e. The average Bonchev–Trinajstić information content (AvgIpc) is 2.67. The SMILES string of the molecule is CC(C)N1CCN(C(C)(C)C(C)(C)N2CCN(C(C)C)C(CC#N)C2)[C@@H](CC#N)C1. The molecule has 0 aromatic rings. The quantitative estimate of drug-likeness (QED) is 0.635. The van der Waals surface area contributed by atoms with Gasteiger partial charge in [0.1, 0.15) is 0 Å². The van der Waals surface area contributed by atoms with Gasteiger partial charge in [-0.3, -0.25) is 19.6 Å². The maximum absolute atomic E-state index is 9.51. The Bertz CT molecular complexity index is 641. The van der Waals surface area contributed by atoms with Crippen molar-refractivity contribution in [3.63, 3.8) is 0 Å². The third-order valence-electron chi connectivity index (χ3n) is 8.10. The van der Waals surface area contributed by atoms with Gasteiger partial charge in [0.05, 0.1) is 25.0 Å². The molecule has 2 atom stereocenters. The molecule has 0 aromatic heterocycles. The van der Waals surface area contributed by atoms with Crippen molar-refractivity contribution in [3.05, 3.63) is 0 Å². The molecule has 0 radical (unpaired) electrons. The van der Waals surface area contributed by atoms with Gasteiger partial charge in [-0.1, -0.05) is 0 Å². The number of rotatable bonds is 7. The molecule has 2 rings (SSSR count). The number of nitrogens with zero attached hydrogens (tertiary/aromatic N) is 6. The van der Waals surface area contributed by atoms with Crippen molar-refractivity contribution in [3.8, 4) is 12.1 Å². The van der Waals surface area contributed by atoms with Crippen molar-refractivity contribution in [2.24, 2.45) is 0 Å². The molecule has 1 unspecified atom stereocenters. The smallest absolute Gasteiger partial charge is 0.0638 e. The maximum Gasteiger partial charge on any atom is 0.0638 e. The first kappa shape index (κ1) is 25.1. The van der Waals surface area contributed by atoms with Gasteiger partial charge in [-0.15, -0.1) is 0 Å². The van der Waals surface area contributed by atoms with E-state index in [-0.39, 0.29) is 23.2 Å². The monoisotopic (exact) mass is 416 g/mol. The van der Waals surface area contributed by atoms with Crippen LogP contribution in [0.5, 0.6) is 0 Å². The van der Waals surface area contributed by atoms with Crippen LogP contribution in [0.15, 0.2) is 0 Å². The molecule has 0 N–H and O–H groups in total. The summed E-state index contributed by atoms with van der Waals surface area (Å²) in [4.78, 5) is 10.2.